The highest BCUT2D eigenvalue weighted by Gasteiger charge is 2.24. The SMILES string of the molecule is CC(N)=O.O=C1Nc2ccccc2/C1=C/c1cn(CC(=O)N2CCOCC2)c2ccccc12. The molecule has 8 heteroatoms. The highest BCUT2D eigenvalue weighted by molar-refractivity contribution is 6.35. The maximum atomic E-state index is 12.8. The number of benzene rings is 2. The molecule has 0 atom stereocenters. The molecule has 170 valence electrons. The van der Waals surface area contributed by atoms with Gasteiger partial charge in [0.05, 0.1) is 13.2 Å². The Hall–Kier alpha value is -3.91. The van der Waals surface area contributed by atoms with E-state index in [1.807, 2.05) is 70.3 Å². The summed E-state index contributed by atoms with van der Waals surface area (Å²) in [6, 6.07) is 15.7. The molecule has 3 aromatic rings. The normalized spacial score (nSPS) is 16.2. The minimum Gasteiger partial charge on any atom is -0.378 e. The highest BCUT2D eigenvalue weighted by Crippen LogP contribution is 2.34. The molecule has 0 radical (unpaired) electrons. The van der Waals surface area contributed by atoms with Gasteiger partial charge >= 0.3 is 0 Å². The number of carbonyl (C=O) groups excluding carboxylic acids is 3. The third-order valence-electron chi connectivity index (χ3n) is 5.50. The molecular formula is C25H26N4O4. The Morgan fingerprint density at radius 1 is 1.09 bits per heavy atom. The van der Waals surface area contributed by atoms with Gasteiger partial charge in [0.1, 0.15) is 6.54 Å². The van der Waals surface area contributed by atoms with Crippen molar-refractivity contribution in [2.45, 2.75) is 13.5 Å². The molecular weight excluding hydrogens is 420 g/mol. The Morgan fingerprint density at radius 3 is 2.52 bits per heavy atom. The van der Waals surface area contributed by atoms with E-state index in [9.17, 15) is 14.4 Å². The lowest BCUT2D eigenvalue weighted by Gasteiger charge is -2.27. The number of ether oxygens (including phenoxy) is 1. The van der Waals surface area contributed by atoms with Gasteiger partial charge in [-0.2, -0.15) is 0 Å². The monoisotopic (exact) mass is 446 g/mol. The molecule has 3 heterocycles. The zero-order valence-corrected chi connectivity index (χ0v) is 18.4. The first-order chi connectivity index (χ1) is 15.9. The summed E-state index contributed by atoms with van der Waals surface area (Å²) in [5.41, 5.74) is 8.75. The van der Waals surface area contributed by atoms with Gasteiger partial charge in [-0.3, -0.25) is 14.4 Å². The van der Waals surface area contributed by atoms with E-state index < -0.39 is 0 Å². The largest absolute Gasteiger partial charge is 0.378 e. The van der Waals surface area contributed by atoms with Gasteiger partial charge < -0.3 is 25.3 Å². The van der Waals surface area contributed by atoms with Crippen molar-refractivity contribution < 1.29 is 19.1 Å². The van der Waals surface area contributed by atoms with Crippen molar-refractivity contribution in [1.29, 1.82) is 0 Å². The van der Waals surface area contributed by atoms with Gasteiger partial charge in [0.2, 0.25) is 11.8 Å². The number of amides is 3. The van der Waals surface area contributed by atoms with Gasteiger partial charge in [0, 0.05) is 59.5 Å². The van der Waals surface area contributed by atoms with Crippen LogP contribution in [0.25, 0.3) is 22.6 Å². The van der Waals surface area contributed by atoms with E-state index in [4.69, 9.17) is 4.74 Å². The van der Waals surface area contributed by atoms with Crippen LogP contribution in [0.1, 0.15) is 18.1 Å². The van der Waals surface area contributed by atoms with Crippen molar-refractivity contribution in [3.63, 3.8) is 0 Å². The van der Waals surface area contributed by atoms with Crippen molar-refractivity contribution in [2.24, 2.45) is 5.73 Å². The number of para-hydroxylation sites is 2. The first-order valence-corrected chi connectivity index (χ1v) is 10.8. The van der Waals surface area contributed by atoms with Gasteiger partial charge in [-0.1, -0.05) is 36.4 Å². The molecule has 8 nitrogen and oxygen atoms in total. The van der Waals surface area contributed by atoms with Crippen molar-refractivity contribution in [1.82, 2.24) is 9.47 Å². The van der Waals surface area contributed by atoms with Crippen LogP contribution in [0.3, 0.4) is 0 Å². The van der Waals surface area contributed by atoms with Crippen LogP contribution in [0.2, 0.25) is 0 Å². The number of hydrogen-bond donors (Lipinski definition) is 2. The fourth-order valence-electron chi connectivity index (χ4n) is 4.02. The number of anilines is 1. The van der Waals surface area contributed by atoms with E-state index in [1.54, 1.807) is 0 Å². The summed E-state index contributed by atoms with van der Waals surface area (Å²) in [7, 11) is 0. The number of morpholine rings is 1. The molecule has 1 aromatic heterocycles. The number of aromatic nitrogens is 1. The van der Waals surface area contributed by atoms with Crippen molar-refractivity contribution in [3.8, 4) is 0 Å². The number of carbonyl (C=O) groups is 3. The molecule has 3 amide bonds. The maximum Gasteiger partial charge on any atom is 0.256 e. The molecule has 0 unspecified atom stereocenters. The van der Waals surface area contributed by atoms with Gasteiger partial charge in [-0.25, -0.2) is 0 Å². The van der Waals surface area contributed by atoms with Crippen LogP contribution in [0, 0.1) is 0 Å². The summed E-state index contributed by atoms with van der Waals surface area (Å²) >= 11 is 0. The Bertz CT molecular complexity index is 1230. The topological polar surface area (TPSA) is 107 Å². The quantitative estimate of drug-likeness (QED) is 0.603. The Labute approximate surface area is 191 Å². The predicted molar refractivity (Wildman–Crippen MR) is 127 cm³/mol. The minimum atomic E-state index is -0.333. The van der Waals surface area contributed by atoms with Gasteiger partial charge in [-0.05, 0) is 18.2 Å². The van der Waals surface area contributed by atoms with Crippen LogP contribution in [-0.4, -0.2) is 53.5 Å². The van der Waals surface area contributed by atoms with Gasteiger partial charge in [-0.15, -0.1) is 0 Å². The van der Waals surface area contributed by atoms with Crippen LogP contribution < -0.4 is 11.1 Å². The first kappa shape index (κ1) is 22.3. The number of nitrogens with two attached hydrogens (primary N) is 1. The van der Waals surface area contributed by atoms with E-state index in [-0.39, 0.29) is 24.3 Å². The van der Waals surface area contributed by atoms with Crippen LogP contribution in [0.5, 0.6) is 0 Å². The Morgan fingerprint density at radius 2 is 1.76 bits per heavy atom. The number of fused-ring (bicyclic) bond motifs is 2. The van der Waals surface area contributed by atoms with Crippen molar-refractivity contribution in [2.75, 3.05) is 31.6 Å². The summed E-state index contributed by atoms with van der Waals surface area (Å²) in [6.45, 7) is 4.01. The number of nitrogens with zero attached hydrogens (tertiary/aromatic N) is 2. The highest BCUT2D eigenvalue weighted by atomic mass is 16.5. The van der Waals surface area contributed by atoms with E-state index >= 15 is 0 Å². The molecule has 5 rings (SSSR count). The van der Waals surface area contributed by atoms with Crippen molar-refractivity contribution >= 4 is 46.0 Å². The standard InChI is InChI=1S/C23H21N3O3.C2H5NO/c27-22(25-9-11-29-12-10-25)15-26-14-16(17-5-2-4-8-21(17)26)13-19-18-6-1-3-7-20(18)24-23(19)28;1-2(3)4/h1-8,13-14H,9-12,15H2,(H,24,28);1H3,(H2,3,4)/b19-13-;. The molecule has 2 aliphatic rings. The predicted octanol–water partition coefficient (Wildman–Crippen LogP) is 2.48. The molecule has 33 heavy (non-hydrogen) atoms. The molecule has 0 bridgehead atoms. The van der Waals surface area contributed by atoms with Crippen LogP contribution in [-0.2, 0) is 25.7 Å². The van der Waals surface area contributed by atoms with Gasteiger partial charge in [0.25, 0.3) is 5.91 Å². The molecule has 1 saturated heterocycles. The van der Waals surface area contributed by atoms with Crippen molar-refractivity contribution in [3.05, 3.63) is 65.9 Å². The van der Waals surface area contributed by atoms with E-state index in [0.29, 0.717) is 31.9 Å². The molecule has 2 aliphatic heterocycles. The number of primary amides is 1. The Balaban J connectivity index is 0.000000601. The second-order valence-corrected chi connectivity index (χ2v) is 7.89. The Kier molecular flexibility index (Phi) is 6.55. The van der Waals surface area contributed by atoms with E-state index in [1.165, 1.54) is 6.92 Å². The summed E-state index contributed by atoms with van der Waals surface area (Å²) < 4.78 is 7.31. The summed E-state index contributed by atoms with van der Waals surface area (Å²) in [6.07, 6.45) is 3.88. The smallest absolute Gasteiger partial charge is 0.256 e. The van der Waals surface area contributed by atoms with E-state index in [0.717, 1.165) is 27.7 Å². The summed E-state index contributed by atoms with van der Waals surface area (Å²) in [5.74, 6) is -0.357. The van der Waals surface area contributed by atoms with Crippen LogP contribution in [0.15, 0.2) is 54.7 Å². The summed E-state index contributed by atoms with van der Waals surface area (Å²) in [5, 5.41) is 3.93. The fraction of sp³-hybridized carbons (Fsp3) is 0.240. The molecule has 0 saturated carbocycles. The number of rotatable bonds is 3. The molecule has 3 N–H and O–H groups in total. The average Bonchev–Trinajstić information content (AvgIpc) is 3.31. The lowest BCUT2D eigenvalue weighted by molar-refractivity contribution is -0.135. The minimum absolute atomic E-state index is 0.0808. The third kappa shape index (κ3) is 4.96. The number of nitrogens with one attached hydrogen (secondary N) is 1. The average molecular weight is 447 g/mol. The molecule has 0 spiro atoms. The first-order valence-electron chi connectivity index (χ1n) is 10.8. The maximum absolute atomic E-state index is 12.8. The van der Waals surface area contributed by atoms with E-state index in [2.05, 4.69) is 11.1 Å². The lowest BCUT2D eigenvalue weighted by Crippen LogP contribution is -2.42. The second-order valence-electron chi connectivity index (χ2n) is 7.89. The zero-order valence-electron chi connectivity index (χ0n) is 18.4. The fourth-order valence-corrected chi connectivity index (χ4v) is 4.02. The van der Waals surface area contributed by atoms with Gasteiger partial charge in [0.15, 0.2) is 0 Å². The molecule has 0 aliphatic carbocycles. The lowest BCUT2D eigenvalue weighted by atomic mass is 10.0. The third-order valence-corrected chi connectivity index (χ3v) is 5.50. The molecule has 1 fully saturated rings. The molecule has 2 aromatic carbocycles. The summed E-state index contributed by atoms with van der Waals surface area (Å²) in [4.78, 5) is 36.3. The zero-order chi connectivity index (χ0) is 23.4. The second kappa shape index (κ2) is 9.70. The van der Waals surface area contributed by atoms with Crippen LogP contribution >= 0.6 is 0 Å². The number of hydrogen-bond acceptors (Lipinski definition) is 4. The van der Waals surface area contributed by atoms with Crippen LogP contribution in [0.4, 0.5) is 5.69 Å².